The van der Waals surface area contributed by atoms with Crippen LogP contribution < -0.4 is 10.4 Å². The Balaban J connectivity index is 1.73. The molecule has 3 rings (SSSR count). The van der Waals surface area contributed by atoms with E-state index in [1.165, 1.54) is 15.9 Å². The van der Waals surface area contributed by atoms with Crippen molar-refractivity contribution in [2.75, 3.05) is 20.3 Å². The molecule has 0 amide bonds. The maximum atomic E-state index is 13.6. The lowest BCUT2D eigenvalue weighted by Gasteiger charge is -2.43. The topological polar surface area (TPSA) is 44.8 Å². The number of carbonyl (C=O) groups is 1. The fraction of sp³-hybridized carbons (Fsp3) is 0.575. The lowest BCUT2D eigenvalue weighted by atomic mass is 9.71. The maximum absolute atomic E-state index is 13.6. The van der Waals surface area contributed by atoms with Gasteiger partial charge in [-0.2, -0.15) is 0 Å². The fourth-order valence-corrected chi connectivity index (χ4v) is 12.4. The second kappa shape index (κ2) is 16.3. The Hall–Kier alpha value is -2.10. The summed E-state index contributed by atoms with van der Waals surface area (Å²) in [5, 5.41) is 2.66. The predicted octanol–water partition coefficient (Wildman–Crippen LogP) is 9.26. The monoisotopic (exact) mass is 662 g/mol. The molecule has 0 aromatic heterocycles. The SMILES string of the molecule is CO[C@@H]1CCC[C@@H](/C(C)=C/CO[Si](C)(C)C(C)(C)C)[C@@H]1CC(=O)/C=C(/C)CCO[Si](c1ccccc1)(c1ccccc1)C(C)(C)C. The zero-order valence-corrected chi connectivity index (χ0v) is 32.7. The molecule has 4 nitrogen and oxygen atoms in total. The summed E-state index contributed by atoms with van der Waals surface area (Å²) in [6.07, 6.45) is 8.68. The van der Waals surface area contributed by atoms with Crippen LogP contribution in [-0.4, -0.2) is 48.8 Å². The van der Waals surface area contributed by atoms with E-state index in [0.717, 1.165) is 31.3 Å². The van der Waals surface area contributed by atoms with Crippen LogP contribution >= 0.6 is 0 Å². The van der Waals surface area contributed by atoms with Crippen LogP contribution in [0.4, 0.5) is 0 Å². The van der Waals surface area contributed by atoms with Gasteiger partial charge >= 0.3 is 0 Å². The summed E-state index contributed by atoms with van der Waals surface area (Å²) in [5.41, 5.74) is 2.40. The highest BCUT2D eigenvalue weighted by atomic mass is 28.4. The normalized spacial score (nSPS) is 20.5. The highest BCUT2D eigenvalue weighted by Crippen LogP contribution is 2.40. The van der Waals surface area contributed by atoms with E-state index in [1.54, 1.807) is 7.11 Å². The Bertz CT molecular complexity index is 1260. The summed E-state index contributed by atoms with van der Waals surface area (Å²) in [6, 6.07) is 21.5. The van der Waals surface area contributed by atoms with Crippen LogP contribution in [0, 0.1) is 11.8 Å². The van der Waals surface area contributed by atoms with Crippen molar-refractivity contribution in [2.24, 2.45) is 11.8 Å². The van der Waals surface area contributed by atoms with E-state index in [4.69, 9.17) is 13.6 Å². The Morgan fingerprint density at radius 2 is 1.41 bits per heavy atom. The first kappa shape index (κ1) is 38.4. The lowest BCUT2D eigenvalue weighted by molar-refractivity contribution is -0.118. The molecule has 0 aliphatic heterocycles. The Morgan fingerprint density at radius 1 is 0.848 bits per heavy atom. The smallest absolute Gasteiger partial charge is 0.261 e. The first-order chi connectivity index (χ1) is 21.5. The number of hydrogen-bond donors (Lipinski definition) is 0. The molecular weight excluding hydrogens is 601 g/mol. The van der Waals surface area contributed by atoms with Crippen molar-refractivity contribution >= 4 is 32.8 Å². The molecule has 0 heterocycles. The minimum atomic E-state index is -2.60. The molecule has 46 heavy (non-hydrogen) atoms. The molecular formula is C40H62O4Si2. The van der Waals surface area contributed by atoms with Crippen molar-refractivity contribution in [3.63, 3.8) is 0 Å². The maximum Gasteiger partial charge on any atom is 0.261 e. The van der Waals surface area contributed by atoms with Crippen molar-refractivity contribution in [2.45, 2.75) is 117 Å². The number of rotatable bonds is 14. The van der Waals surface area contributed by atoms with Gasteiger partial charge in [0.25, 0.3) is 8.32 Å². The molecule has 1 aliphatic carbocycles. The van der Waals surface area contributed by atoms with E-state index in [2.05, 4.69) is 135 Å². The van der Waals surface area contributed by atoms with Gasteiger partial charge in [-0.1, -0.05) is 126 Å². The van der Waals surface area contributed by atoms with Crippen molar-refractivity contribution in [1.82, 2.24) is 0 Å². The van der Waals surface area contributed by atoms with E-state index in [9.17, 15) is 4.79 Å². The standard InChI is InChI=1S/C40H62O4Si2/c1-31(25-27-44-46(40(6,7)8,34-19-14-12-15-20-34)35-21-16-13-17-22-35)29-33(41)30-37-36(23-18-24-38(37)42-9)32(2)26-28-43-45(10,11)39(3,4)5/h12-17,19-22,26,29,36-38H,18,23-25,27-28,30H2,1-11H3/b31-29-,32-26+/t36-,37-,38+/m0/s1. The second-order valence-electron chi connectivity index (χ2n) is 15.9. The van der Waals surface area contributed by atoms with E-state index in [0.29, 0.717) is 25.6 Å². The lowest BCUT2D eigenvalue weighted by Crippen LogP contribution is -2.66. The summed E-state index contributed by atoms with van der Waals surface area (Å²) in [6.45, 7) is 23.8. The Kier molecular flexibility index (Phi) is 13.6. The molecule has 0 radical (unpaired) electrons. The van der Waals surface area contributed by atoms with Gasteiger partial charge in [0.15, 0.2) is 14.1 Å². The van der Waals surface area contributed by atoms with Gasteiger partial charge in [0.05, 0.1) is 12.7 Å². The summed E-state index contributed by atoms with van der Waals surface area (Å²) in [4.78, 5) is 13.6. The minimum absolute atomic E-state index is 0.0740. The van der Waals surface area contributed by atoms with Crippen molar-refractivity contribution in [1.29, 1.82) is 0 Å². The average Bonchev–Trinajstić information content (AvgIpc) is 2.99. The summed E-state index contributed by atoms with van der Waals surface area (Å²) < 4.78 is 19.5. The van der Waals surface area contributed by atoms with Crippen LogP contribution in [-0.2, 0) is 18.4 Å². The average molecular weight is 663 g/mol. The number of carbonyl (C=O) groups excluding carboxylic acids is 1. The van der Waals surface area contributed by atoms with Crippen LogP contribution in [0.3, 0.4) is 0 Å². The Morgan fingerprint density at radius 3 is 1.91 bits per heavy atom. The predicted molar refractivity (Wildman–Crippen MR) is 200 cm³/mol. The van der Waals surface area contributed by atoms with Crippen LogP contribution in [0.5, 0.6) is 0 Å². The summed E-state index contributed by atoms with van der Waals surface area (Å²) in [5.74, 6) is 0.692. The van der Waals surface area contributed by atoms with Crippen molar-refractivity contribution in [3.8, 4) is 0 Å². The first-order valence-corrected chi connectivity index (χ1v) is 22.1. The highest BCUT2D eigenvalue weighted by molar-refractivity contribution is 6.99. The highest BCUT2D eigenvalue weighted by Gasteiger charge is 2.50. The number of benzene rings is 2. The van der Waals surface area contributed by atoms with E-state index in [-0.39, 0.29) is 27.9 Å². The van der Waals surface area contributed by atoms with Gasteiger partial charge < -0.3 is 13.6 Å². The Labute approximate surface area is 283 Å². The molecule has 0 bridgehead atoms. The molecule has 1 saturated carbocycles. The van der Waals surface area contributed by atoms with Gasteiger partial charge in [0, 0.05) is 20.1 Å². The molecule has 0 saturated heterocycles. The third-order valence-electron chi connectivity index (χ3n) is 10.6. The number of allylic oxidation sites excluding steroid dienone is 2. The second-order valence-corrected chi connectivity index (χ2v) is 25.0. The number of methoxy groups -OCH3 is 1. The summed E-state index contributed by atoms with van der Waals surface area (Å²) >= 11 is 0. The molecule has 2 aromatic rings. The summed E-state index contributed by atoms with van der Waals surface area (Å²) in [7, 11) is -2.62. The quantitative estimate of drug-likeness (QED) is 0.115. The molecule has 254 valence electrons. The van der Waals surface area contributed by atoms with Gasteiger partial charge in [0.1, 0.15) is 0 Å². The zero-order chi connectivity index (χ0) is 34.2. The van der Waals surface area contributed by atoms with Crippen LogP contribution in [0.2, 0.25) is 23.2 Å². The number of ether oxygens (including phenoxy) is 1. The van der Waals surface area contributed by atoms with Crippen LogP contribution in [0.1, 0.15) is 87.5 Å². The number of ketones is 1. The third kappa shape index (κ3) is 9.50. The van der Waals surface area contributed by atoms with Gasteiger partial charge in [-0.05, 0) is 84.6 Å². The fourth-order valence-electron chi connectivity index (χ4n) is 6.87. The van der Waals surface area contributed by atoms with Gasteiger partial charge in [0.2, 0.25) is 0 Å². The molecule has 0 unspecified atom stereocenters. The molecule has 0 N–H and O–H groups in total. The molecule has 1 aliphatic rings. The van der Waals surface area contributed by atoms with Gasteiger partial charge in [-0.15, -0.1) is 0 Å². The number of hydrogen-bond acceptors (Lipinski definition) is 4. The van der Waals surface area contributed by atoms with Crippen molar-refractivity contribution in [3.05, 3.63) is 84.0 Å². The van der Waals surface area contributed by atoms with Crippen LogP contribution in [0.15, 0.2) is 84.0 Å². The minimum Gasteiger partial charge on any atom is -0.413 e. The van der Waals surface area contributed by atoms with Gasteiger partial charge in [-0.25, -0.2) is 0 Å². The van der Waals surface area contributed by atoms with E-state index in [1.807, 2.05) is 6.08 Å². The first-order valence-electron chi connectivity index (χ1n) is 17.3. The van der Waals surface area contributed by atoms with Crippen molar-refractivity contribution < 1.29 is 18.4 Å². The van der Waals surface area contributed by atoms with Crippen LogP contribution in [0.25, 0.3) is 0 Å². The van der Waals surface area contributed by atoms with E-state index >= 15 is 0 Å². The van der Waals surface area contributed by atoms with E-state index < -0.39 is 16.6 Å². The molecule has 6 heteroatoms. The zero-order valence-electron chi connectivity index (χ0n) is 30.7. The molecule has 2 aromatic carbocycles. The molecule has 3 atom stereocenters. The third-order valence-corrected chi connectivity index (χ3v) is 20.2. The molecule has 0 spiro atoms. The molecule has 1 fully saturated rings. The van der Waals surface area contributed by atoms with Gasteiger partial charge in [-0.3, -0.25) is 4.79 Å². The largest absolute Gasteiger partial charge is 0.413 e.